The van der Waals surface area contributed by atoms with Crippen LogP contribution in [0.25, 0.3) is 0 Å². The maximum absolute atomic E-state index is 5.68. The van der Waals surface area contributed by atoms with E-state index in [0.29, 0.717) is 5.69 Å². The molecular formula is C15H17N3. The predicted octanol–water partition coefficient (Wildman–Crippen LogP) is 2.62. The molecule has 0 unspecified atom stereocenters. The minimum absolute atomic E-state index is 0.717. The van der Waals surface area contributed by atoms with Crippen LogP contribution in [-0.4, -0.2) is 11.5 Å². The molecule has 0 amide bonds. The summed E-state index contributed by atoms with van der Waals surface area (Å²) in [5, 5.41) is 0. The average Bonchev–Trinajstić information content (AvgIpc) is 2.61. The fourth-order valence-corrected chi connectivity index (χ4v) is 2.48. The summed E-state index contributed by atoms with van der Waals surface area (Å²) < 4.78 is 0. The monoisotopic (exact) mass is 239 g/mol. The number of anilines is 2. The van der Waals surface area contributed by atoms with Crippen molar-refractivity contribution in [3.05, 3.63) is 53.7 Å². The molecule has 1 aliphatic rings. The lowest BCUT2D eigenvalue weighted by Crippen LogP contribution is -2.23. The van der Waals surface area contributed by atoms with Crippen LogP contribution in [0.5, 0.6) is 0 Å². The lowest BCUT2D eigenvalue weighted by atomic mass is 10.0. The zero-order chi connectivity index (χ0) is 12.4. The van der Waals surface area contributed by atoms with Gasteiger partial charge in [-0.2, -0.15) is 0 Å². The Morgan fingerprint density at radius 3 is 2.67 bits per heavy atom. The maximum atomic E-state index is 5.68. The van der Waals surface area contributed by atoms with Crippen molar-refractivity contribution in [3.8, 4) is 0 Å². The van der Waals surface area contributed by atoms with Crippen molar-refractivity contribution in [1.82, 2.24) is 4.98 Å². The van der Waals surface area contributed by atoms with Crippen molar-refractivity contribution in [1.29, 1.82) is 0 Å². The van der Waals surface area contributed by atoms with E-state index < -0.39 is 0 Å². The van der Waals surface area contributed by atoms with Crippen molar-refractivity contribution in [2.24, 2.45) is 0 Å². The molecule has 0 saturated carbocycles. The van der Waals surface area contributed by atoms with Gasteiger partial charge in [0.25, 0.3) is 0 Å². The van der Waals surface area contributed by atoms with E-state index in [0.717, 1.165) is 25.3 Å². The molecule has 2 heterocycles. The van der Waals surface area contributed by atoms with Crippen LogP contribution in [0.1, 0.15) is 17.5 Å². The number of pyridine rings is 1. The zero-order valence-electron chi connectivity index (χ0n) is 10.3. The first-order chi connectivity index (χ1) is 8.83. The SMILES string of the molecule is Nc1ccc(N2CCCc3ccccc3C2)nc1. The van der Waals surface area contributed by atoms with E-state index in [9.17, 15) is 0 Å². The van der Waals surface area contributed by atoms with Crippen LogP contribution in [0, 0.1) is 0 Å². The highest BCUT2D eigenvalue weighted by Crippen LogP contribution is 2.22. The Morgan fingerprint density at radius 2 is 1.89 bits per heavy atom. The number of nitrogens with two attached hydrogens (primary N) is 1. The van der Waals surface area contributed by atoms with Crippen molar-refractivity contribution >= 4 is 11.5 Å². The third-order valence-corrected chi connectivity index (χ3v) is 3.45. The second-order valence-corrected chi connectivity index (χ2v) is 4.74. The van der Waals surface area contributed by atoms with Crippen molar-refractivity contribution in [2.75, 3.05) is 17.2 Å². The van der Waals surface area contributed by atoms with Gasteiger partial charge in [-0.3, -0.25) is 0 Å². The molecule has 3 rings (SSSR count). The summed E-state index contributed by atoms with van der Waals surface area (Å²) in [6.07, 6.45) is 4.05. The van der Waals surface area contributed by atoms with E-state index in [1.54, 1.807) is 6.20 Å². The third kappa shape index (κ3) is 2.16. The largest absolute Gasteiger partial charge is 0.397 e. The van der Waals surface area contributed by atoms with E-state index >= 15 is 0 Å². The summed E-state index contributed by atoms with van der Waals surface area (Å²) in [7, 11) is 0. The number of nitrogen functional groups attached to an aromatic ring is 1. The highest BCUT2D eigenvalue weighted by molar-refractivity contribution is 5.47. The summed E-state index contributed by atoms with van der Waals surface area (Å²) in [6.45, 7) is 1.98. The van der Waals surface area contributed by atoms with Crippen molar-refractivity contribution < 1.29 is 0 Å². The van der Waals surface area contributed by atoms with Gasteiger partial charge in [0.1, 0.15) is 5.82 Å². The lowest BCUT2D eigenvalue weighted by molar-refractivity contribution is 0.755. The first-order valence-electron chi connectivity index (χ1n) is 6.36. The number of rotatable bonds is 1. The molecule has 2 N–H and O–H groups in total. The number of fused-ring (bicyclic) bond motifs is 1. The molecule has 0 radical (unpaired) electrons. The van der Waals surface area contributed by atoms with Crippen molar-refractivity contribution in [2.45, 2.75) is 19.4 Å². The molecule has 1 aliphatic heterocycles. The highest BCUT2D eigenvalue weighted by atomic mass is 15.2. The fraction of sp³-hybridized carbons (Fsp3) is 0.267. The molecule has 0 spiro atoms. The first-order valence-corrected chi connectivity index (χ1v) is 6.36. The number of nitrogens with zero attached hydrogens (tertiary/aromatic N) is 2. The van der Waals surface area contributed by atoms with Crippen molar-refractivity contribution in [3.63, 3.8) is 0 Å². The Balaban J connectivity index is 1.89. The molecule has 1 aromatic heterocycles. The molecular weight excluding hydrogens is 222 g/mol. The molecule has 0 atom stereocenters. The van der Waals surface area contributed by atoms with Gasteiger partial charge >= 0.3 is 0 Å². The summed E-state index contributed by atoms with van der Waals surface area (Å²) in [6, 6.07) is 12.6. The van der Waals surface area contributed by atoms with Crippen LogP contribution in [0.4, 0.5) is 11.5 Å². The Morgan fingerprint density at radius 1 is 1.06 bits per heavy atom. The molecule has 0 fully saturated rings. The van der Waals surface area contributed by atoms with E-state index in [-0.39, 0.29) is 0 Å². The van der Waals surface area contributed by atoms with Crippen LogP contribution in [0.3, 0.4) is 0 Å². The topological polar surface area (TPSA) is 42.1 Å². The number of aryl methyl sites for hydroxylation is 1. The first kappa shape index (κ1) is 11.1. The number of hydrogen-bond donors (Lipinski definition) is 1. The lowest BCUT2D eigenvalue weighted by Gasteiger charge is -2.21. The van der Waals surface area contributed by atoms with Gasteiger partial charge in [0, 0.05) is 13.1 Å². The third-order valence-electron chi connectivity index (χ3n) is 3.45. The van der Waals surface area contributed by atoms with Gasteiger partial charge in [-0.25, -0.2) is 4.98 Å². The molecule has 1 aromatic carbocycles. The molecule has 0 saturated heterocycles. The van der Waals surface area contributed by atoms with E-state index in [2.05, 4.69) is 34.1 Å². The standard InChI is InChI=1S/C15H17N3/c16-14-7-8-15(17-10-14)18-9-3-6-12-4-1-2-5-13(12)11-18/h1-2,4-5,7-8,10H,3,6,9,11,16H2. The maximum Gasteiger partial charge on any atom is 0.128 e. The molecule has 18 heavy (non-hydrogen) atoms. The van der Waals surface area contributed by atoms with Gasteiger partial charge in [-0.05, 0) is 36.1 Å². The number of benzene rings is 1. The van der Waals surface area contributed by atoms with Gasteiger partial charge < -0.3 is 10.6 Å². The quantitative estimate of drug-likeness (QED) is 0.831. The molecule has 0 bridgehead atoms. The van der Waals surface area contributed by atoms with Crippen LogP contribution >= 0.6 is 0 Å². The second-order valence-electron chi connectivity index (χ2n) is 4.74. The van der Waals surface area contributed by atoms with E-state index in [1.807, 2.05) is 12.1 Å². The Hall–Kier alpha value is -2.03. The number of hydrogen-bond acceptors (Lipinski definition) is 3. The second kappa shape index (κ2) is 4.69. The van der Waals surface area contributed by atoms with Crippen LogP contribution in [0.2, 0.25) is 0 Å². The van der Waals surface area contributed by atoms with Crippen LogP contribution in [0.15, 0.2) is 42.6 Å². The van der Waals surface area contributed by atoms with Gasteiger partial charge in [0.2, 0.25) is 0 Å². The van der Waals surface area contributed by atoms with Gasteiger partial charge in [0.05, 0.1) is 11.9 Å². The smallest absolute Gasteiger partial charge is 0.128 e. The summed E-state index contributed by atoms with van der Waals surface area (Å²) in [5.41, 5.74) is 9.28. The Labute approximate surface area is 107 Å². The minimum atomic E-state index is 0.717. The summed E-state index contributed by atoms with van der Waals surface area (Å²) in [4.78, 5) is 6.74. The van der Waals surface area contributed by atoms with E-state index in [1.165, 1.54) is 17.5 Å². The van der Waals surface area contributed by atoms with Gasteiger partial charge in [0.15, 0.2) is 0 Å². The zero-order valence-corrected chi connectivity index (χ0v) is 10.3. The average molecular weight is 239 g/mol. The van der Waals surface area contributed by atoms with Gasteiger partial charge in [-0.15, -0.1) is 0 Å². The highest BCUT2D eigenvalue weighted by Gasteiger charge is 2.14. The minimum Gasteiger partial charge on any atom is -0.397 e. The fourth-order valence-electron chi connectivity index (χ4n) is 2.48. The molecule has 92 valence electrons. The summed E-state index contributed by atoms with van der Waals surface area (Å²) >= 11 is 0. The Kier molecular flexibility index (Phi) is 2.89. The summed E-state index contributed by atoms with van der Waals surface area (Å²) in [5.74, 6) is 1.01. The van der Waals surface area contributed by atoms with Gasteiger partial charge in [-0.1, -0.05) is 24.3 Å². The van der Waals surface area contributed by atoms with Crippen LogP contribution < -0.4 is 10.6 Å². The number of aromatic nitrogens is 1. The predicted molar refractivity (Wildman–Crippen MR) is 74.5 cm³/mol. The molecule has 0 aliphatic carbocycles. The van der Waals surface area contributed by atoms with E-state index in [4.69, 9.17) is 5.73 Å². The Bertz CT molecular complexity index is 534. The normalized spacial score (nSPS) is 15.0. The molecule has 2 aromatic rings. The van der Waals surface area contributed by atoms with Crippen LogP contribution in [-0.2, 0) is 13.0 Å². The molecule has 3 heteroatoms. The molecule has 3 nitrogen and oxygen atoms in total.